The molecule has 4 rings (SSSR count). The van der Waals surface area contributed by atoms with Crippen molar-refractivity contribution in [3.63, 3.8) is 0 Å². The molecule has 3 aromatic carbocycles. The summed E-state index contributed by atoms with van der Waals surface area (Å²) < 4.78 is 6.48. The molecule has 0 bridgehead atoms. The number of hydrogen-bond donors (Lipinski definition) is 2. The lowest BCUT2D eigenvalue weighted by Crippen LogP contribution is -2.43. The van der Waals surface area contributed by atoms with Gasteiger partial charge in [-0.25, -0.2) is 9.48 Å². The molecule has 1 heterocycles. The number of nitrogens with one attached hydrogen (secondary N) is 1. The molecule has 1 aromatic heterocycles. The van der Waals surface area contributed by atoms with Gasteiger partial charge in [-0.3, -0.25) is 4.79 Å². The van der Waals surface area contributed by atoms with Crippen molar-refractivity contribution in [2.24, 2.45) is 0 Å². The van der Waals surface area contributed by atoms with Crippen molar-refractivity contribution in [2.45, 2.75) is 19.4 Å². The van der Waals surface area contributed by atoms with Crippen LogP contribution >= 0.6 is 34.8 Å². The monoisotopic (exact) mass is 557 g/mol. The molecular formula is C27H22Cl3N3O4. The van der Waals surface area contributed by atoms with Crippen LogP contribution < -0.4 is 5.32 Å². The molecule has 190 valence electrons. The Morgan fingerprint density at radius 2 is 1.65 bits per heavy atom. The second-order valence-electron chi connectivity index (χ2n) is 8.26. The van der Waals surface area contributed by atoms with Crippen LogP contribution in [0.5, 0.6) is 5.75 Å². The van der Waals surface area contributed by atoms with Gasteiger partial charge in [0.2, 0.25) is 0 Å². The summed E-state index contributed by atoms with van der Waals surface area (Å²) in [4.78, 5) is 26.0. The number of carbonyl (C=O) groups is 2. The number of carbonyl (C=O) groups excluding carboxylic acids is 2. The third-order valence-electron chi connectivity index (χ3n) is 5.76. The van der Waals surface area contributed by atoms with Crippen molar-refractivity contribution in [3.8, 4) is 22.7 Å². The normalized spacial score (nSPS) is 11.7. The van der Waals surface area contributed by atoms with Crippen LogP contribution in [0, 0.1) is 6.92 Å². The summed E-state index contributed by atoms with van der Waals surface area (Å²) in [6, 6.07) is 17.4. The zero-order chi connectivity index (χ0) is 26.7. The SMILES string of the molecule is COC(=O)C(Cc1ccc(O)cc1)NC(=O)c1nn(-c2ccc(Cl)cc2Cl)c(-c2ccc(Cl)cc2)c1C. The fraction of sp³-hybridized carbons (Fsp3) is 0.148. The summed E-state index contributed by atoms with van der Waals surface area (Å²) in [5.41, 5.74) is 3.30. The van der Waals surface area contributed by atoms with Gasteiger partial charge in [0, 0.05) is 27.6 Å². The number of rotatable bonds is 7. The number of methoxy groups -OCH3 is 1. The van der Waals surface area contributed by atoms with E-state index in [1.807, 2.05) is 12.1 Å². The maximum Gasteiger partial charge on any atom is 0.328 e. The predicted octanol–water partition coefficient (Wildman–Crippen LogP) is 6.03. The molecule has 0 aliphatic carbocycles. The van der Waals surface area contributed by atoms with Gasteiger partial charge in [-0.05, 0) is 55.0 Å². The van der Waals surface area contributed by atoms with Crippen LogP contribution in [0.25, 0.3) is 16.9 Å². The quantitative estimate of drug-likeness (QED) is 0.270. The fourth-order valence-corrected chi connectivity index (χ4v) is 4.53. The van der Waals surface area contributed by atoms with E-state index in [2.05, 4.69) is 10.4 Å². The zero-order valence-electron chi connectivity index (χ0n) is 19.8. The third-order valence-corrected chi connectivity index (χ3v) is 6.55. The number of nitrogens with zero attached hydrogens (tertiary/aromatic N) is 2. The van der Waals surface area contributed by atoms with E-state index in [1.165, 1.54) is 19.2 Å². The number of benzene rings is 3. The molecule has 1 unspecified atom stereocenters. The first-order valence-electron chi connectivity index (χ1n) is 11.2. The summed E-state index contributed by atoms with van der Waals surface area (Å²) in [5, 5.41) is 18.2. The van der Waals surface area contributed by atoms with E-state index >= 15 is 0 Å². The van der Waals surface area contributed by atoms with Crippen LogP contribution in [0.1, 0.15) is 21.6 Å². The van der Waals surface area contributed by atoms with Gasteiger partial charge in [-0.15, -0.1) is 0 Å². The molecule has 1 amide bonds. The Bertz CT molecular complexity index is 1450. The maximum atomic E-state index is 13.5. The largest absolute Gasteiger partial charge is 0.508 e. The average molecular weight is 559 g/mol. The summed E-state index contributed by atoms with van der Waals surface area (Å²) in [6.07, 6.45) is 0.158. The molecule has 4 aromatic rings. The summed E-state index contributed by atoms with van der Waals surface area (Å²) in [5.74, 6) is -1.08. The lowest BCUT2D eigenvalue weighted by atomic mass is 10.0. The number of phenolic OH excluding ortho intramolecular Hbond substituents is 1. The molecule has 0 saturated heterocycles. The third kappa shape index (κ3) is 5.91. The first-order valence-corrected chi connectivity index (χ1v) is 12.3. The smallest absolute Gasteiger partial charge is 0.328 e. The molecule has 37 heavy (non-hydrogen) atoms. The Hall–Kier alpha value is -3.52. The Morgan fingerprint density at radius 3 is 2.27 bits per heavy atom. The van der Waals surface area contributed by atoms with Crippen LogP contribution in [0.3, 0.4) is 0 Å². The molecule has 0 aliphatic rings. The summed E-state index contributed by atoms with van der Waals surface area (Å²) >= 11 is 18.7. The van der Waals surface area contributed by atoms with Gasteiger partial charge in [0.15, 0.2) is 5.69 Å². The topological polar surface area (TPSA) is 93.4 Å². The molecule has 0 radical (unpaired) electrons. The second-order valence-corrected chi connectivity index (χ2v) is 9.54. The summed E-state index contributed by atoms with van der Waals surface area (Å²) in [7, 11) is 1.25. The van der Waals surface area contributed by atoms with Crippen molar-refractivity contribution in [1.82, 2.24) is 15.1 Å². The van der Waals surface area contributed by atoms with E-state index < -0.39 is 17.9 Å². The minimum absolute atomic E-state index is 0.0964. The first-order chi connectivity index (χ1) is 17.7. The van der Waals surface area contributed by atoms with Crippen LogP contribution in [0.2, 0.25) is 15.1 Å². The van der Waals surface area contributed by atoms with Crippen LogP contribution in [-0.4, -0.2) is 39.9 Å². The van der Waals surface area contributed by atoms with Crippen molar-refractivity contribution < 1.29 is 19.4 Å². The first kappa shape index (κ1) is 26.5. The fourth-order valence-electron chi connectivity index (χ4n) is 3.92. The van der Waals surface area contributed by atoms with Crippen LogP contribution in [-0.2, 0) is 16.0 Å². The minimum atomic E-state index is -0.982. The predicted molar refractivity (Wildman–Crippen MR) is 144 cm³/mol. The lowest BCUT2D eigenvalue weighted by molar-refractivity contribution is -0.142. The van der Waals surface area contributed by atoms with Crippen molar-refractivity contribution in [1.29, 1.82) is 0 Å². The van der Waals surface area contributed by atoms with Gasteiger partial charge >= 0.3 is 5.97 Å². The number of esters is 1. The van der Waals surface area contributed by atoms with Gasteiger partial charge in [0.05, 0.1) is 23.5 Å². The highest BCUT2D eigenvalue weighted by Crippen LogP contribution is 2.33. The summed E-state index contributed by atoms with van der Waals surface area (Å²) in [6.45, 7) is 1.76. The van der Waals surface area contributed by atoms with Crippen molar-refractivity contribution >= 4 is 46.7 Å². The number of hydrogen-bond acceptors (Lipinski definition) is 5. The van der Waals surface area contributed by atoms with E-state index in [-0.39, 0.29) is 17.9 Å². The van der Waals surface area contributed by atoms with Crippen molar-refractivity contribution in [3.05, 3.63) is 98.6 Å². The Balaban J connectivity index is 1.75. The van der Waals surface area contributed by atoms with Gasteiger partial charge in [0.25, 0.3) is 5.91 Å². The molecular weight excluding hydrogens is 537 g/mol. The number of phenols is 1. The van der Waals surface area contributed by atoms with Gasteiger partial charge in [-0.2, -0.15) is 5.10 Å². The van der Waals surface area contributed by atoms with E-state index in [0.29, 0.717) is 32.0 Å². The molecule has 10 heteroatoms. The molecule has 0 fully saturated rings. The Kier molecular flexibility index (Phi) is 8.07. The van der Waals surface area contributed by atoms with Crippen molar-refractivity contribution in [2.75, 3.05) is 7.11 Å². The molecule has 1 atom stereocenters. The highest BCUT2D eigenvalue weighted by molar-refractivity contribution is 6.35. The van der Waals surface area contributed by atoms with Crippen LogP contribution in [0.15, 0.2) is 66.7 Å². The van der Waals surface area contributed by atoms with Gasteiger partial charge in [0.1, 0.15) is 11.8 Å². The Morgan fingerprint density at radius 1 is 1.00 bits per heavy atom. The average Bonchev–Trinajstić information content (AvgIpc) is 3.21. The van der Waals surface area contributed by atoms with E-state index in [0.717, 1.165) is 11.1 Å². The van der Waals surface area contributed by atoms with E-state index in [1.54, 1.807) is 54.1 Å². The van der Waals surface area contributed by atoms with E-state index in [4.69, 9.17) is 39.5 Å². The Labute approximate surface area is 228 Å². The van der Waals surface area contributed by atoms with Crippen LogP contribution in [0.4, 0.5) is 0 Å². The highest BCUT2D eigenvalue weighted by Gasteiger charge is 2.28. The molecule has 0 aliphatic heterocycles. The zero-order valence-corrected chi connectivity index (χ0v) is 22.1. The van der Waals surface area contributed by atoms with Gasteiger partial charge in [-0.1, -0.05) is 59.1 Å². The number of aromatic nitrogens is 2. The lowest BCUT2D eigenvalue weighted by Gasteiger charge is -2.16. The number of halogens is 3. The van der Waals surface area contributed by atoms with Gasteiger partial charge < -0.3 is 15.2 Å². The second kappa shape index (κ2) is 11.3. The molecule has 7 nitrogen and oxygen atoms in total. The number of amides is 1. The molecule has 0 spiro atoms. The number of ether oxygens (including phenoxy) is 1. The standard InChI is InChI=1S/C27H22Cl3N3O4/c1-15-24(26(35)31-22(27(36)37-2)13-16-3-10-20(34)11-4-16)32-33(23-12-9-19(29)14-21(23)30)25(15)17-5-7-18(28)8-6-17/h3-12,14,22,34H,13H2,1-2H3,(H,31,35). The molecule has 0 saturated carbocycles. The number of aromatic hydroxyl groups is 1. The molecule has 2 N–H and O–H groups in total. The highest BCUT2D eigenvalue weighted by atomic mass is 35.5. The minimum Gasteiger partial charge on any atom is -0.508 e. The van der Waals surface area contributed by atoms with E-state index in [9.17, 15) is 14.7 Å². The maximum absolute atomic E-state index is 13.5.